The summed E-state index contributed by atoms with van der Waals surface area (Å²) in [6.07, 6.45) is 1.99. The fraction of sp³-hybridized carbons (Fsp3) is 0.174. The number of aromatic hydroxyl groups is 2. The number of rotatable bonds is 3. The van der Waals surface area contributed by atoms with Gasteiger partial charge in [0.1, 0.15) is 11.5 Å². The molecule has 0 unspecified atom stereocenters. The van der Waals surface area contributed by atoms with Gasteiger partial charge in [-0.2, -0.15) is 0 Å². The Balaban J connectivity index is 1.66. The fourth-order valence-electron chi connectivity index (χ4n) is 3.64. The smallest absolute Gasteiger partial charge is 0.201 e. The van der Waals surface area contributed by atoms with Crippen molar-refractivity contribution in [3.05, 3.63) is 93.5 Å². The summed E-state index contributed by atoms with van der Waals surface area (Å²) in [5, 5.41) is 20.8. The fourth-order valence-corrected chi connectivity index (χ4v) is 3.64. The maximum Gasteiger partial charge on any atom is 0.201 e. The Hall–Kier alpha value is -3.07. The molecule has 0 saturated heterocycles. The van der Waals surface area contributed by atoms with Gasteiger partial charge in [-0.3, -0.25) is 4.79 Å². The molecule has 0 heterocycles. The lowest BCUT2D eigenvalue weighted by Crippen LogP contribution is -2.16. The predicted octanol–water partition coefficient (Wildman–Crippen LogP) is 4.33. The average Bonchev–Trinajstić information content (AvgIpc) is 2.62. The zero-order valence-electron chi connectivity index (χ0n) is 14.6. The number of carbonyl (C=O) groups excluding carboxylic acids is 1. The van der Waals surface area contributed by atoms with Gasteiger partial charge in [0.15, 0.2) is 0 Å². The van der Waals surface area contributed by atoms with Crippen LogP contribution in [0.3, 0.4) is 0 Å². The zero-order valence-corrected chi connectivity index (χ0v) is 14.6. The molecular weight excluding hydrogens is 324 g/mol. The van der Waals surface area contributed by atoms with Gasteiger partial charge in [0.05, 0.1) is 11.1 Å². The van der Waals surface area contributed by atoms with Crippen LogP contribution >= 0.6 is 0 Å². The number of fused-ring (bicyclic) bond motifs is 2. The molecule has 1 aliphatic rings. The average molecular weight is 344 g/mol. The van der Waals surface area contributed by atoms with Gasteiger partial charge in [0.25, 0.3) is 0 Å². The van der Waals surface area contributed by atoms with Crippen molar-refractivity contribution < 1.29 is 15.0 Å². The number of carbonyl (C=O) groups is 1. The van der Waals surface area contributed by atoms with Crippen LogP contribution in [0.25, 0.3) is 0 Å². The number of phenolic OH excluding ortho intramolecular Hbond substituents is 2. The first-order valence-corrected chi connectivity index (χ1v) is 8.79. The first-order chi connectivity index (χ1) is 12.5. The Kier molecular flexibility index (Phi) is 4.00. The zero-order chi connectivity index (χ0) is 18.3. The summed E-state index contributed by atoms with van der Waals surface area (Å²) in [5.41, 5.74) is 5.43. The molecule has 3 heteroatoms. The molecule has 0 fully saturated rings. The number of hydrogen-bond donors (Lipinski definition) is 2. The van der Waals surface area contributed by atoms with Crippen molar-refractivity contribution in [1.29, 1.82) is 0 Å². The summed E-state index contributed by atoms with van der Waals surface area (Å²) in [7, 11) is 0. The number of aryl methyl sites for hydroxylation is 3. The van der Waals surface area contributed by atoms with Crippen molar-refractivity contribution in [2.24, 2.45) is 0 Å². The monoisotopic (exact) mass is 344 g/mol. The standard InChI is InChI=1S/C23H20O3/c1-14-5-7-15(8-6-14)9-10-16-11-12-18-13-17-3-2-4-19(24)20(17)23(26)21(18)22(16)25/h2-8,11-12,24-25H,9-10,13H2,1H3. The minimum atomic E-state index is -0.297. The molecule has 0 bridgehead atoms. The van der Waals surface area contributed by atoms with E-state index in [1.807, 2.05) is 18.2 Å². The van der Waals surface area contributed by atoms with Crippen LogP contribution in [-0.4, -0.2) is 16.0 Å². The maximum atomic E-state index is 12.9. The second-order valence-electron chi connectivity index (χ2n) is 6.91. The lowest BCUT2D eigenvalue weighted by Gasteiger charge is -2.21. The van der Waals surface area contributed by atoms with Crippen molar-refractivity contribution in [2.45, 2.75) is 26.2 Å². The molecule has 26 heavy (non-hydrogen) atoms. The van der Waals surface area contributed by atoms with Crippen molar-refractivity contribution in [3.63, 3.8) is 0 Å². The molecule has 130 valence electrons. The molecule has 0 radical (unpaired) electrons. The van der Waals surface area contributed by atoms with Crippen molar-refractivity contribution in [3.8, 4) is 11.5 Å². The highest BCUT2D eigenvalue weighted by Gasteiger charge is 2.29. The van der Waals surface area contributed by atoms with E-state index in [0.717, 1.165) is 23.1 Å². The second-order valence-corrected chi connectivity index (χ2v) is 6.91. The van der Waals surface area contributed by atoms with Gasteiger partial charge < -0.3 is 10.2 Å². The number of benzene rings is 3. The van der Waals surface area contributed by atoms with E-state index in [1.165, 1.54) is 17.2 Å². The Morgan fingerprint density at radius 3 is 2.35 bits per heavy atom. The normalized spacial score (nSPS) is 12.6. The van der Waals surface area contributed by atoms with E-state index >= 15 is 0 Å². The van der Waals surface area contributed by atoms with Crippen LogP contribution < -0.4 is 0 Å². The molecule has 0 atom stereocenters. The summed E-state index contributed by atoms with van der Waals surface area (Å²) in [6.45, 7) is 2.05. The van der Waals surface area contributed by atoms with E-state index in [2.05, 4.69) is 31.2 Å². The quantitative estimate of drug-likeness (QED) is 0.582. The van der Waals surface area contributed by atoms with Crippen molar-refractivity contribution in [1.82, 2.24) is 0 Å². The minimum Gasteiger partial charge on any atom is -0.507 e. The van der Waals surface area contributed by atoms with Crippen LogP contribution in [0, 0.1) is 6.92 Å². The van der Waals surface area contributed by atoms with E-state index in [-0.39, 0.29) is 17.3 Å². The number of phenols is 2. The van der Waals surface area contributed by atoms with Crippen LogP contribution in [-0.2, 0) is 19.3 Å². The third kappa shape index (κ3) is 2.76. The van der Waals surface area contributed by atoms with Gasteiger partial charge >= 0.3 is 0 Å². The van der Waals surface area contributed by atoms with Crippen LogP contribution in [0.1, 0.15) is 43.7 Å². The largest absolute Gasteiger partial charge is 0.507 e. The molecule has 0 amide bonds. The Labute approximate surface area is 152 Å². The third-order valence-electron chi connectivity index (χ3n) is 5.12. The first-order valence-electron chi connectivity index (χ1n) is 8.79. The molecule has 0 aliphatic heterocycles. The molecule has 0 spiro atoms. The van der Waals surface area contributed by atoms with Gasteiger partial charge in [0, 0.05) is 0 Å². The topological polar surface area (TPSA) is 57.5 Å². The highest BCUT2D eigenvalue weighted by atomic mass is 16.3. The summed E-state index contributed by atoms with van der Waals surface area (Å²) < 4.78 is 0. The van der Waals surface area contributed by atoms with Gasteiger partial charge in [-0.05, 0) is 54.5 Å². The predicted molar refractivity (Wildman–Crippen MR) is 101 cm³/mol. The van der Waals surface area contributed by atoms with Gasteiger partial charge in [-0.25, -0.2) is 0 Å². The molecular formula is C23H20O3. The molecule has 1 aliphatic carbocycles. The SMILES string of the molecule is Cc1ccc(CCc2ccc3c(c2O)C(=O)c2c(O)cccc2C3)cc1. The highest BCUT2D eigenvalue weighted by molar-refractivity contribution is 6.15. The van der Waals surface area contributed by atoms with E-state index in [1.54, 1.807) is 6.07 Å². The summed E-state index contributed by atoms with van der Waals surface area (Å²) in [5.74, 6) is -0.273. The van der Waals surface area contributed by atoms with E-state index in [9.17, 15) is 15.0 Å². The summed E-state index contributed by atoms with van der Waals surface area (Å²) >= 11 is 0. The molecule has 3 aromatic carbocycles. The van der Waals surface area contributed by atoms with Gasteiger partial charge in [0.2, 0.25) is 5.78 Å². The Morgan fingerprint density at radius 2 is 1.58 bits per heavy atom. The van der Waals surface area contributed by atoms with Crippen LogP contribution in [0.4, 0.5) is 0 Å². The Morgan fingerprint density at radius 1 is 0.846 bits per heavy atom. The van der Waals surface area contributed by atoms with E-state index < -0.39 is 0 Å². The highest BCUT2D eigenvalue weighted by Crippen LogP contribution is 2.38. The summed E-state index contributed by atoms with van der Waals surface area (Å²) in [4.78, 5) is 12.9. The summed E-state index contributed by atoms with van der Waals surface area (Å²) in [6, 6.07) is 17.2. The molecule has 0 saturated carbocycles. The van der Waals surface area contributed by atoms with Crippen LogP contribution in [0.5, 0.6) is 11.5 Å². The van der Waals surface area contributed by atoms with E-state index in [4.69, 9.17) is 0 Å². The number of hydrogen-bond acceptors (Lipinski definition) is 3. The van der Waals surface area contributed by atoms with E-state index in [0.29, 0.717) is 24.0 Å². The molecule has 2 N–H and O–H groups in total. The molecule has 0 aromatic heterocycles. The first kappa shape index (κ1) is 16.4. The van der Waals surface area contributed by atoms with Gasteiger partial charge in [-0.15, -0.1) is 0 Å². The molecule has 4 rings (SSSR count). The Bertz CT molecular complexity index is 1000. The number of ketones is 1. The lowest BCUT2D eigenvalue weighted by atomic mass is 9.82. The van der Waals surface area contributed by atoms with Crippen molar-refractivity contribution >= 4 is 5.78 Å². The molecule has 3 nitrogen and oxygen atoms in total. The lowest BCUT2D eigenvalue weighted by molar-refractivity contribution is 0.102. The minimum absolute atomic E-state index is 0.0254. The van der Waals surface area contributed by atoms with Crippen LogP contribution in [0.2, 0.25) is 0 Å². The van der Waals surface area contributed by atoms with Gasteiger partial charge in [-0.1, -0.05) is 54.1 Å². The maximum absolute atomic E-state index is 12.9. The van der Waals surface area contributed by atoms with Crippen molar-refractivity contribution in [2.75, 3.05) is 0 Å². The van der Waals surface area contributed by atoms with Crippen LogP contribution in [0.15, 0.2) is 54.6 Å². The molecule has 3 aromatic rings. The second kappa shape index (κ2) is 6.34. The third-order valence-corrected chi connectivity index (χ3v) is 5.12.